The lowest BCUT2D eigenvalue weighted by Crippen LogP contribution is -2.47. The molecule has 1 aromatic carbocycles. The van der Waals surface area contributed by atoms with Gasteiger partial charge in [0.1, 0.15) is 0 Å². The maximum Gasteiger partial charge on any atom is 0.237 e. The number of rotatable bonds is 11. The van der Waals surface area contributed by atoms with Gasteiger partial charge in [-0.15, -0.1) is 24.8 Å². The predicted molar refractivity (Wildman–Crippen MR) is 141 cm³/mol. The molecule has 190 valence electrons. The van der Waals surface area contributed by atoms with Gasteiger partial charge < -0.3 is 22.1 Å². The van der Waals surface area contributed by atoms with E-state index in [1.807, 2.05) is 30.3 Å². The van der Waals surface area contributed by atoms with Gasteiger partial charge in [-0.05, 0) is 55.5 Å². The zero-order valence-electron chi connectivity index (χ0n) is 20.3. The fourth-order valence-electron chi connectivity index (χ4n) is 4.69. The zero-order valence-corrected chi connectivity index (χ0v) is 21.9. The van der Waals surface area contributed by atoms with E-state index in [2.05, 4.69) is 31.4 Å². The molecule has 5 atom stereocenters. The molecule has 0 radical (unpaired) electrons. The number of benzene rings is 1. The van der Waals surface area contributed by atoms with Crippen molar-refractivity contribution in [2.24, 2.45) is 35.1 Å². The largest absolute Gasteiger partial charge is 0.353 e. The second-order valence-corrected chi connectivity index (χ2v) is 9.54. The van der Waals surface area contributed by atoms with Gasteiger partial charge in [0, 0.05) is 12.5 Å². The van der Waals surface area contributed by atoms with E-state index >= 15 is 0 Å². The highest BCUT2D eigenvalue weighted by Gasteiger charge is 2.35. The third kappa shape index (κ3) is 10.2. The Morgan fingerprint density at radius 1 is 1.09 bits per heavy atom. The smallest absolute Gasteiger partial charge is 0.237 e. The van der Waals surface area contributed by atoms with E-state index in [1.54, 1.807) is 0 Å². The third-order valence-corrected chi connectivity index (χ3v) is 6.66. The molecule has 2 rings (SSSR count). The van der Waals surface area contributed by atoms with E-state index in [0.29, 0.717) is 37.3 Å². The van der Waals surface area contributed by atoms with Crippen molar-refractivity contribution in [2.45, 2.75) is 71.4 Å². The molecule has 6 N–H and O–H groups in total. The molecular weight excluding hydrogens is 459 g/mol. The molecule has 8 heteroatoms. The van der Waals surface area contributed by atoms with Crippen molar-refractivity contribution in [3.63, 3.8) is 0 Å². The molecule has 33 heavy (non-hydrogen) atoms. The summed E-state index contributed by atoms with van der Waals surface area (Å²) in [5, 5.41) is 6.19. The van der Waals surface area contributed by atoms with Crippen molar-refractivity contribution in [2.75, 3.05) is 13.1 Å². The number of amides is 2. The first-order valence-corrected chi connectivity index (χ1v) is 11.9. The molecule has 1 aromatic rings. The lowest BCUT2D eigenvalue weighted by Gasteiger charge is -2.36. The van der Waals surface area contributed by atoms with Gasteiger partial charge in [0.15, 0.2) is 0 Å². The Hall–Kier alpha value is -1.34. The topological polar surface area (TPSA) is 110 Å². The monoisotopic (exact) mass is 502 g/mol. The molecule has 1 aliphatic carbocycles. The number of unbranched alkanes of at least 4 members (excludes halogenated alkanes) is 1. The summed E-state index contributed by atoms with van der Waals surface area (Å²) in [7, 11) is 0. The Balaban J connectivity index is 0.00000512. The van der Waals surface area contributed by atoms with Crippen LogP contribution >= 0.6 is 24.8 Å². The first-order chi connectivity index (χ1) is 14.8. The van der Waals surface area contributed by atoms with E-state index in [-0.39, 0.29) is 48.6 Å². The maximum atomic E-state index is 13.1. The molecule has 2 unspecified atom stereocenters. The Morgan fingerprint density at radius 3 is 2.36 bits per heavy atom. The van der Waals surface area contributed by atoms with Crippen LogP contribution in [0.5, 0.6) is 0 Å². The summed E-state index contributed by atoms with van der Waals surface area (Å²) in [6, 6.07) is 8.88. The molecule has 1 aliphatic rings. The highest BCUT2D eigenvalue weighted by molar-refractivity contribution is 5.85. The van der Waals surface area contributed by atoms with Crippen molar-refractivity contribution < 1.29 is 9.59 Å². The molecule has 0 aromatic heterocycles. The van der Waals surface area contributed by atoms with Gasteiger partial charge in [0.05, 0.1) is 12.1 Å². The second-order valence-electron chi connectivity index (χ2n) is 9.54. The normalized spacial score (nSPS) is 21.8. The van der Waals surface area contributed by atoms with E-state index in [1.165, 1.54) is 6.42 Å². The van der Waals surface area contributed by atoms with Crippen LogP contribution in [0.2, 0.25) is 0 Å². The number of halogens is 2. The molecule has 1 saturated carbocycles. The van der Waals surface area contributed by atoms with Gasteiger partial charge in [-0.3, -0.25) is 9.59 Å². The van der Waals surface area contributed by atoms with Crippen LogP contribution in [0.1, 0.15) is 70.9 Å². The fourth-order valence-corrected chi connectivity index (χ4v) is 4.69. The Morgan fingerprint density at radius 2 is 1.76 bits per heavy atom. The molecule has 6 nitrogen and oxygen atoms in total. The van der Waals surface area contributed by atoms with Crippen molar-refractivity contribution in [1.82, 2.24) is 10.6 Å². The molecule has 2 amide bonds. The van der Waals surface area contributed by atoms with Crippen LogP contribution in [0.25, 0.3) is 0 Å². The van der Waals surface area contributed by atoms with Crippen molar-refractivity contribution >= 4 is 36.6 Å². The summed E-state index contributed by atoms with van der Waals surface area (Å²) in [6.45, 7) is 7.61. The Kier molecular flexibility index (Phi) is 15.7. The maximum absolute atomic E-state index is 13.1. The molecule has 0 spiro atoms. The summed E-state index contributed by atoms with van der Waals surface area (Å²) < 4.78 is 0. The number of hydrogen-bond donors (Lipinski definition) is 4. The minimum Gasteiger partial charge on any atom is -0.353 e. The first kappa shape index (κ1) is 31.7. The Labute approximate surface area is 212 Å². The van der Waals surface area contributed by atoms with Crippen molar-refractivity contribution in [3.8, 4) is 0 Å². The Bertz CT molecular complexity index is 690. The first-order valence-electron chi connectivity index (χ1n) is 11.9. The average molecular weight is 504 g/mol. The predicted octanol–water partition coefficient (Wildman–Crippen LogP) is 3.97. The number of hydrogen-bond acceptors (Lipinski definition) is 4. The number of carbonyl (C=O) groups excluding carboxylic acids is 2. The van der Waals surface area contributed by atoms with E-state index in [4.69, 9.17) is 11.5 Å². The summed E-state index contributed by atoms with van der Waals surface area (Å²) >= 11 is 0. The molecule has 0 aliphatic heterocycles. The average Bonchev–Trinajstić information content (AvgIpc) is 2.76. The standard InChI is InChI=1S/C25H42N4O2.2ClH/c1-17(2)20-13-12-18(3)15-21(20)24(30)28-16-23(19-9-5-4-6-10-19)29-25(31)22(27)11-7-8-14-26;;/h4-6,9-10,17-18,20-23H,7-8,11-16,26-27H2,1-3H3,(H,28,30)(H,29,31);2*1H/t18-,20+,21-,22?,23?;;/m1../s1. The molecule has 0 bridgehead atoms. The van der Waals surface area contributed by atoms with Crippen LogP contribution < -0.4 is 22.1 Å². The third-order valence-electron chi connectivity index (χ3n) is 6.66. The number of nitrogens with one attached hydrogen (secondary N) is 2. The van der Waals surface area contributed by atoms with Gasteiger partial charge in [0.2, 0.25) is 11.8 Å². The van der Waals surface area contributed by atoms with Crippen LogP contribution in [0.3, 0.4) is 0 Å². The highest BCUT2D eigenvalue weighted by Crippen LogP contribution is 2.38. The van der Waals surface area contributed by atoms with Crippen LogP contribution in [0.15, 0.2) is 30.3 Å². The van der Waals surface area contributed by atoms with Gasteiger partial charge >= 0.3 is 0 Å². The minimum atomic E-state index is -0.571. The second kappa shape index (κ2) is 16.3. The van der Waals surface area contributed by atoms with E-state index in [0.717, 1.165) is 31.2 Å². The summed E-state index contributed by atoms with van der Waals surface area (Å²) in [4.78, 5) is 25.8. The van der Waals surface area contributed by atoms with Crippen molar-refractivity contribution in [1.29, 1.82) is 0 Å². The fraction of sp³-hybridized carbons (Fsp3) is 0.680. The zero-order chi connectivity index (χ0) is 22.8. The number of nitrogens with two attached hydrogens (primary N) is 2. The van der Waals surface area contributed by atoms with Crippen LogP contribution in [0.4, 0.5) is 0 Å². The summed E-state index contributed by atoms with van der Waals surface area (Å²) in [6.07, 6.45) is 5.52. The van der Waals surface area contributed by atoms with Crippen LogP contribution in [-0.4, -0.2) is 30.9 Å². The number of carbonyl (C=O) groups is 2. The van der Waals surface area contributed by atoms with Gasteiger partial charge in [-0.2, -0.15) is 0 Å². The summed E-state index contributed by atoms with van der Waals surface area (Å²) in [5.74, 6) is 1.42. The quantitative estimate of drug-likeness (QED) is 0.343. The molecule has 0 saturated heterocycles. The lowest BCUT2D eigenvalue weighted by atomic mass is 9.70. The van der Waals surface area contributed by atoms with Gasteiger partial charge in [-0.1, -0.05) is 63.9 Å². The van der Waals surface area contributed by atoms with Gasteiger partial charge in [0.25, 0.3) is 0 Å². The van der Waals surface area contributed by atoms with Crippen LogP contribution in [0, 0.1) is 23.7 Å². The molecular formula is C25H44Cl2N4O2. The highest BCUT2D eigenvalue weighted by atomic mass is 35.5. The SMILES string of the molecule is CC(C)[C@@H]1CC[C@@H](C)C[C@H]1C(=O)NCC(NC(=O)C(N)CCCCN)c1ccccc1.Cl.Cl. The van der Waals surface area contributed by atoms with E-state index < -0.39 is 6.04 Å². The summed E-state index contributed by atoms with van der Waals surface area (Å²) in [5.41, 5.74) is 12.6. The lowest BCUT2D eigenvalue weighted by molar-refractivity contribution is -0.130. The minimum absolute atomic E-state index is 0. The molecule has 0 heterocycles. The van der Waals surface area contributed by atoms with E-state index in [9.17, 15) is 9.59 Å². The van der Waals surface area contributed by atoms with Crippen molar-refractivity contribution in [3.05, 3.63) is 35.9 Å². The molecule has 1 fully saturated rings. The van der Waals surface area contributed by atoms with Crippen LogP contribution in [-0.2, 0) is 9.59 Å². The van der Waals surface area contributed by atoms with Gasteiger partial charge in [-0.25, -0.2) is 0 Å².